The number of alkyl halides is 1. The lowest BCUT2D eigenvalue weighted by atomic mass is 9.97. The number of ether oxygens (including phenoxy) is 1. The summed E-state index contributed by atoms with van der Waals surface area (Å²) in [5.74, 6) is -0.529. The Bertz CT molecular complexity index is 143. The van der Waals surface area contributed by atoms with Crippen LogP contribution in [-0.2, 0) is 9.53 Å². The third-order valence-corrected chi connectivity index (χ3v) is 3.06. The van der Waals surface area contributed by atoms with Crippen molar-refractivity contribution in [3.8, 4) is 0 Å². The largest absolute Gasteiger partial charge is 0.480 e. The van der Waals surface area contributed by atoms with Crippen LogP contribution in [0.4, 0.5) is 0 Å². The maximum atomic E-state index is 10.5. The van der Waals surface area contributed by atoms with Gasteiger partial charge in [-0.25, -0.2) is 0 Å². The first-order valence-electron chi connectivity index (χ1n) is 3.66. The molecule has 0 aromatic carbocycles. The SMILES string of the molecule is O=C(O)C(Br)C1CCOCC1. The van der Waals surface area contributed by atoms with Crippen LogP contribution in [-0.4, -0.2) is 29.1 Å². The maximum absolute atomic E-state index is 10.5. The van der Waals surface area contributed by atoms with Gasteiger partial charge in [-0.3, -0.25) is 4.79 Å². The molecule has 1 heterocycles. The fourth-order valence-corrected chi connectivity index (χ4v) is 1.74. The molecule has 0 spiro atoms. The monoisotopic (exact) mass is 222 g/mol. The maximum Gasteiger partial charge on any atom is 0.317 e. The molecule has 1 atom stereocenters. The van der Waals surface area contributed by atoms with Gasteiger partial charge in [0, 0.05) is 13.2 Å². The van der Waals surface area contributed by atoms with Crippen LogP contribution in [0.5, 0.6) is 0 Å². The lowest BCUT2D eigenvalue weighted by Crippen LogP contribution is -2.29. The van der Waals surface area contributed by atoms with E-state index in [-0.39, 0.29) is 5.92 Å². The van der Waals surface area contributed by atoms with E-state index in [1.165, 1.54) is 0 Å². The molecule has 1 saturated heterocycles. The number of carbonyl (C=O) groups is 1. The molecule has 0 bridgehead atoms. The number of carboxylic acids is 1. The Morgan fingerprint density at radius 2 is 2.09 bits per heavy atom. The van der Waals surface area contributed by atoms with Gasteiger partial charge in [-0.15, -0.1) is 0 Å². The van der Waals surface area contributed by atoms with Gasteiger partial charge in [0.2, 0.25) is 0 Å². The molecule has 1 fully saturated rings. The summed E-state index contributed by atoms with van der Waals surface area (Å²) in [4.78, 5) is 10.1. The molecule has 64 valence electrons. The topological polar surface area (TPSA) is 46.5 Å². The summed E-state index contributed by atoms with van der Waals surface area (Å²) in [6.07, 6.45) is 1.70. The average Bonchev–Trinajstić information content (AvgIpc) is 2.05. The summed E-state index contributed by atoms with van der Waals surface area (Å²) in [7, 11) is 0. The van der Waals surface area contributed by atoms with Gasteiger partial charge in [0.05, 0.1) is 0 Å². The highest BCUT2D eigenvalue weighted by molar-refractivity contribution is 9.10. The Labute approximate surface area is 73.9 Å². The van der Waals surface area contributed by atoms with Gasteiger partial charge in [0.25, 0.3) is 0 Å². The Morgan fingerprint density at radius 1 is 1.55 bits per heavy atom. The van der Waals surface area contributed by atoms with Crippen LogP contribution >= 0.6 is 15.9 Å². The quantitative estimate of drug-likeness (QED) is 0.717. The zero-order valence-electron chi connectivity index (χ0n) is 6.12. The predicted molar refractivity (Wildman–Crippen MR) is 43.9 cm³/mol. The molecule has 3 nitrogen and oxygen atoms in total. The fourth-order valence-electron chi connectivity index (χ4n) is 1.21. The first-order chi connectivity index (χ1) is 5.22. The van der Waals surface area contributed by atoms with Crippen molar-refractivity contribution in [1.29, 1.82) is 0 Å². The van der Waals surface area contributed by atoms with E-state index >= 15 is 0 Å². The number of hydrogen-bond acceptors (Lipinski definition) is 2. The summed E-state index contributed by atoms with van der Waals surface area (Å²) >= 11 is 3.15. The van der Waals surface area contributed by atoms with Gasteiger partial charge in [-0.2, -0.15) is 0 Å². The number of carboxylic acid groups (broad SMARTS) is 1. The van der Waals surface area contributed by atoms with Crippen LogP contribution in [0.25, 0.3) is 0 Å². The normalized spacial score (nSPS) is 23.0. The van der Waals surface area contributed by atoms with Gasteiger partial charge in [0.15, 0.2) is 0 Å². The van der Waals surface area contributed by atoms with E-state index in [9.17, 15) is 4.79 Å². The minimum absolute atomic E-state index is 0.237. The van der Waals surface area contributed by atoms with Gasteiger partial charge in [-0.05, 0) is 18.8 Å². The molecule has 1 unspecified atom stereocenters. The Morgan fingerprint density at radius 3 is 2.55 bits per heavy atom. The van der Waals surface area contributed by atoms with Crippen LogP contribution in [0, 0.1) is 5.92 Å². The second-order valence-electron chi connectivity index (χ2n) is 2.69. The average molecular weight is 223 g/mol. The predicted octanol–water partition coefficient (Wildman–Crippen LogP) is 1.26. The van der Waals surface area contributed by atoms with Crippen molar-refractivity contribution in [2.24, 2.45) is 5.92 Å². The van der Waals surface area contributed by atoms with Crippen molar-refractivity contribution < 1.29 is 14.6 Å². The first kappa shape index (κ1) is 9.00. The second-order valence-corrected chi connectivity index (χ2v) is 3.68. The molecule has 4 heteroatoms. The third kappa shape index (κ3) is 2.45. The van der Waals surface area contributed by atoms with Crippen molar-refractivity contribution >= 4 is 21.9 Å². The zero-order chi connectivity index (χ0) is 8.27. The van der Waals surface area contributed by atoms with Gasteiger partial charge >= 0.3 is 5.97 Å². The van der Waals surface area contributed by atoms with Gasteiger partial charge < -0.3 is 9.84 Å². The molecule has 1 rings (SSSR count). The molecule has 11 heavy (non-hydrogen) atoms. The van der Waals surface area contributed by atoms with E-state index in [0.717, 1.165) is 12.8 Å². The van der Waals surface area contributed by atoms with Gasteiger partial charge in [-0.1, -0.05) is 15.9 Å². The van der Waals surface area contributed by atoms with Crippen molar-refractivity contribution in [3.05, 3.63) is 0 Å². The Balaban J connectivity index is 2.38. The molecule has 0 amide bonds. The summed E-state index contributed by atoms with van der Waals surface area (Å²) in [5.41, 5.74) is 0. The minimum atomic E-state index is -0.767. The van der Waals surface area contributed by atoms with Crippen LogP contribution in [0.3, 0.4) is 0 Å². The summed E-state index contributed by atoms with van der Waals surface area (Å²) in [6.45, 7) is 1.39. The van der Waals surface area contributed by atoms with E-state index in [0.29, 0.717) is 13.2 Å². The lowest BCUT2D eigenvalue weighted by molar-refractivity contribution is -0.137. The highest BCUT2D eigenvalue weighted by Gasteiger charge is 2.26. The van der Waals surface area contributed by atoms with Crippen LogP contribution in [0.2, 0.25) is 0 Å². The van der Waals surface area contributed by atoms with E-state index < -0.39 is 10.8 Å². The van der Waals surface area contributed by atoms with E-state index in [2.05, 4.69) is 15.9 Å². The molecular weight excluding hydrogens is 212 g/mol. The summed E-state index contributed by atoms with van der Waals surface area (Å²) < 4.78 is 5.12. The third-order valence-electron chi connectivity index (χ3n) is 1.92. The molecule has 0 radical (unpaired) electrons. The number of halogens is 1. The van der Waals surface area contributed by atoms with Crippen LogP contribution in [0.1, 0.15) is 12.8 Å². The fraction of sp³-hybridized carbons (Fsp3) is 0.857. The standard InChI is InChI=1S/C7H11BrO3/c8-6(7(9)10)5-1-3-11-4-2-5/h5-6H,1-4H2,(H,9,10). The molecule has 1 aliphatic heterocycles. The number of rotatable bonds is 2. The Kier molecular flexibility index (Phi) is 3.33. The molecule has 0 saturated carbocycles. The van der Waals surface area contributed by atoms with E-state index in [1.807, 2.05) is 0 Å². The zero-order valence-corrected chi connectivity index (χ0v) is 7.71. The Hall–Kier alpha value is -0.0900. The first-order valence-corrected chi connectivity index (χ1v) is 4.58. The molecule has 0 aliphatic carbocycles. The van der Waals surface area contributed by atoms with E-state index in [1.54, 1.807) is 0 Å². The van der Waals surface area contributed by atoms with E-state index in [4.69, 9.17) is 9.84 Å². The van der Waals surface area contributed by atoms with Crippen molar-refractivity contribution in [2.75, 3.05) is 13.2 Å². The van der Waals surface area contributed by atoms with Crippen molar-refractivity contribution in [3.63, 3.8) is 0 Å². The lowest BCUT2D eigenvalue weighted by Gasteiger charge is -2.23. The second kappa shape index (κ2) is 4.07. The highest BCUT2D eigenvalue weighted by atomic mass is 79.9. The van der Waals surface area contributed by atoms with Crippen molar-refractivity contribution in [1.82, 2.24) is 0 Å². The molecular formula is C7H11BrO3. The summed E-state index contributed by atoms with van der Waals surface area (Å²) in [6, 6.07) is 0. The smallest absolute Gasteiger partial charge is 0.317 e. The molecule has 1 N–H and O–H groups in total. The highest BCUT2D eigenvalue weighted by Crippen LogP contribution is 2.23. The minimum Gasteiger partial charge on any atom is -0.480 e. The molecule has 0 aromatic heterocycles. The molecule has 1 aliphatic rings. The van der Waals surface area contributed by atoms with Crippen molar-refractivity contribution in [2.45, 2.75) is 17.7 Å². The summed E-state index contributed by atoms with van der Waals surface area (Å²) in [5, 5.41) is 8.65. The number of hydrogen-bond donors (Lipinski definition) is 1. The van der Waals surface area contributed by atoms with Gasteiger partial charge in [0.1, 0.15) is 4.83 Å². The number of aliphatic carboxylic acids is 1. The van der Waals surface area contributed by atoms with Crippen LogP contribution < -0.4 is 0 Å². The molecule has 0 aromatic rings. The van der Waals surface area contributed by atoms with Crippen LogP contribution in [0.15, 0.2) is 0 Å².